The lowest BCUT2D eigenvalue weighted by Gasteiger charge is -2.14. The van der Waals surface area contributed by atoms with Crippen LogP contribution in [0.15, 0.2) is 18.2 Å². The van der Waals surface area contributed by atoms with E-state index in [0.717, 1.165) is 38.2 Å². The number of ether oxygens (including phenoxy) is 1. The second-order valence-electron chi connectivity index (χ2n) is 4.65. The molecule has 0 amide bonds. The summed E-state index contributed by atoms with van der Waals surface area (Å²) in [7, 11) is 0. The number of halogens is 1. The zero-order valence-electron chi connectivity index (χ0n) is 11.6. The van der Waals surface area contributed by atoms with Gasteiger partial charge in [-0.2, -0.15) is 0 Å². The molecule has 0 aliphatic rings. The fraction of sp³-hybridized carbons (Fsp3) is 0.600. The molecule has 1 N–H and O–H groups in total. The lowest BCUT2D eigenvalue weighted by atomic mass is 10.1. The molecule has 0 aromatic heterocycles. The van der Waals surface area contributed by atoms with Crippen molar-refractivity contribution in [3.8, 4) is 0 Å². The molecule has 2 nitrogen and oxygen atoms in total. The molecule has 1 aromatic carbocycles. The first-order valence-electron chi connectivity index (χ1n) is 6.72. The summed E-state index contributed by atoms with van der Waals surface area (Å²) in [5.41, 5.74) is 1.69. The van der Waals surface area contributed by atoms with Crippen LogP contribution in [-0.4, -0.2) is 19.8 Å². The third-order valence-electron chi connectivity index (χ3n) is 2.96. The molecule has 1 rings (SSSR count). The monoisotopic (exact) mass is 253 g/mol. The van der Waals surface area contributed by atoms with Crippen molar-refractivity contribution in [3.05, 3.63) is 35.1 Å². The molecular formula is C15H24FNO. The minimum atomic E-state index is -0.132. The van der Waals surface area contributed by atoms with Gasteiger partial charge in [-0.05, 0) is 50.4 Å². The Morgan fingerprint density at radius 1 is 1.33 bits per heavy atom. The topological polar surface area (TPSA) is 21.3 Å². The van der Waals surface area contributed by atoms with Gasteiger partial charge in [0, 0.05) is 19.3 Å². The number of aryl methyl sites for hydroxylation is 1. The number of hydrogen-bond acceptors (Lipinski definition) is 2. The summed E-state index contributed by atoms with van der Waals surface area (Å²) in [6.07, 6.45) is 2.05. The first-order chi connectivity index (χ1) is 8.65. The molecule has 0 aliphatic heterocycles. The van der Waals surface area contributed by atoms with Crippen LogP contribution in [0.5, 0.6) is 0 Å². The number of hydrogen-bond donors (Lipinski definition) is 1. The third kappa shape index (κ3) is 5.15. The van der Waals surface area contributed by atoms with Crippen LogP contribution in [-0.2, 0) is 4.74 Å². The standard InChI is InChI=1S/C15H24FNO/c1-4-9-18-10-5-8-17-13(3)14-7-6-12(2)15(16)11-14/h6-7,11,13,17H,4-5,8-10H2,1-3H3. The maximum Gasteiger partial charge on any atom is 0.126 e. The summed E-state index contributed by atoms with van der Waals surface area (Å²) in [5, 5.41) is 3.38. The number of nitrogens with one attached hydrogen (secondary N) is 1. The molecule has 18 heavy (non-hydrogen) atoms. The highest BCUT2D eigenvalue weighted by atomic mass is 19.1. The van der Waals surface area contributed by atoms with E-state index in [-0.39, 0.29) is 11.9 Å². The van der Waals surface area contributed by atoms with Gasteiger partial charge < -0.3 is 10.1 Å². The highest BCUT2D eigenvalue weighted by molar-refractivity contribution is 5.25. The molecule has 0 radical (unpaired) electrons. The van der Waals surface area contributed by atoms with Gasteiger partial charge in [-0.25, -0.2) is 4.39 Å². The minimum Gasteiger partial charge on any atom is -0.381 e. The van der Waals surface area contributed by atoms with E-state index in [0.29, 0.717) is 5.56 Å². The highest BCUT2D eigenvalue weighted by Gasteiger charge is 2.06. The molecule has 0 saturated heterocycles. The normalized spacial score (nSPS) is 12.7. The fourth-order valence-electron chi connectivity index (χ4n) is 1.74. The summed E-state index contributed by atoms with van der Waals surface area (Å²) in [4.78, 5) is 0. The first kappa shape index (κ1) is 15.1. The molecule has 0 heterocycles. The molecule has 0 fully saturated rings. The van der Waals surface area contributed by atoms with E-state index in [4.69, 9.17) is 4.74 Å². The Morgan fingerprint density at radius 2 is 2.11 bits per heavy atom. The Kier molecular flexibility index (Phi) is 6.91. The lowest BCUT2D eigenvalue weighted by molar-refractivity contribution is 0.132. The second-order valence-corrected chi connectivity index (χ2v) is 4.65. The van der Waals surface area contributed by atoms with Crippen LogP contribution in [0.4, 0.5) is 4.39 Å². The van der Waals surface area contributed by atoms with Crippen LogP contribution in [0, 0.1) is 12.7 Å². The Labute approximate surface area is 110 Å². The van der Waals surface area contributed by atoms with Crippen LogP contribution in [0.3, 0.4) is 0 Å². The maximum absolute atomic E-state index is 13.4. The Hall–Kier alpha value is -0.930. The van der Waals surface area contributed by atoms with Crippen molar-refractivity contribution < 1.29 is 9.13 Å². The maximum atomic E-state index is 13.4. The SMILES string of the molecule is CCCOCCCNC(C)c1ccc(C)c(F)c1. The number of rotatable bonds is 8. The van der Waals surface area contributed by atoms with Crippen LogP contribution in [0.25, 0.3) is 0 Å². The summed E-state index contributed by atoms with van der Waals surface area (Å²) in [6.45, 7) is 8.44. The van der Waals surface area contributed by atoms with E-state index < -0.39 is 0 Å². The molecular weight excluding hydrogens is 229 g/mol. The molecule has 0 spiro atoms. The lowest BCUT2D eigenvalue weighted by Crippen LogP contribution is -2.21. The van der Waals surface area contributed by atoms with Crippen molar-refractivity contribution in [3.63, 3.8) is 0 Å². The van der Waals surface area contributed by atoms with Gasteiger partial charge in [-0.3, -0.25) is 0 Å². The fourth-order valence-corrected chi connectivity index (χ4v) is 1.74. The van der Waals surface area contributed by atoms with Gasteiger partial charge in [-0.1, -0.05) is 19.1 Å². The van der Waals surface area contributed by atoms with Crippen LogP contribution in [0.1, 0.15) is 43.9 Å². The van der Waals surface area contributed by atoms with Crippen molar-refractivity contribution in [2.45, 2.75) is 39.7 Å². The van der Waals surface area contributed by atoms with Gasteiger partial charge in [0.25, 0.3) is 0 Å². The molecule has 1 aromatic rings. The van der Waals surface area contributed by atoms with Gasteiger partial charge in [0.15, 0.2) is 0 Å². The molecule has 0 aliphatic carbocycles. The Bertz CT molecular complexity index is 354. The highest BCUT2D eigenvalue weighted by Crippen LogP contribution is 2.16. The zero-order valence-corrected chi connectivity index (χ0v) is 11.6. The average molecular weight is 253 g/mol. The summed E-state index contributed by atoms with van der Waals surface area (Å²) >= 11 is 0. The Morgan fingerprint density at radius 3 is 2.78 bits per heavy atom. The van der Waals surface area contributed by atoms with E-state index >= 15 is 0 Å². The van der Waals surface area contributed by atoms with E-state index in [2.05, 4.69) is 19.2 Å². The predicted octanol–water partition coefficient (Wildman–Crippen LogP) is 3.60. The van der Waals surface area contributed by atoms with Gasteiger partial charge in [-0.15, -0.1) is 0 Å². The number of benzene rings is 1. The van der Waals surface area contributed by atoms with Crippen molar-refractivity contribution in [1.29, 1.82) is 0 Å². The van der Waals surface area contributed by atoms with Crippen molar-refractivity contribution in [2.24, 2.45) is 0 Å². The molecule has 0 bridgehead atoms. The smallest absolute Gasteiger partial charge is 0.126 e. The van der Waals surface area contributed by atoms with Crippen LogP contribution in [0.2, 0.25) is 0 Å². The van der Waals surface area contributed by atoms with Gasteiger partial charge >= 0.3 is 0 Å². The third-order valence-corrected chi connectivity index (χ3v) is 2.96. The molecule has 3 heteroatoms. The van der Waals surface area contributed by atoms with Crippen LogP contribution >= 0.6 is 0 Å². The van der Waals surface area contributed by atoms with Crippen molar-refractivity contribution >= 4 is 0 Å². The molecule has 0 saturated carbocycles. The van der Waals surface area contributed by atoms with Crippen LogP contribution < -0.4 is 5.32 Å². The minimum absolute atomic E-state index is 0.132. The molecule has 1 atom stereocenters. The van der Waals surface area contributed by atoms with Gasteiger partial charge in [0.2, 0.25) is 0 Å². The van der Waals surface area contributed by atoms with Crippen molar-refractivity contribution in [1.82, 2.24) is 5.32 Å². The summed E-state index contributed by atoms with van der Waals surface area (Å²) in [6, 6.07) is 5.59. The summed E-state index contributed by atoms with van der Waals surface area (Å²) < 4.78 is 18.8. The predicted molar refractivity (Wildman–Crippen MR) is 73.3 cm³/mol. The quantitative estimate of drug-likeness (QED) is 0.715. The van der Waals surface area contributed by atoms with E-state index in [1.54, 1.807) is 13.0 Å². The van der Waals surface area contributed by atoms with Crippen molar-refractivity contribution in [2.75, 3.05) is 19.8 Å². The van der Waals surface area contributed by atoms with E-state index in [1.807, 2.05) is 12.1 Å². The average Bonchev–Trinajstić information content (AvgIpc) is 2.36. The molecule has 1 unspecified atom stereocenters. The summed E-state index contributed by atoms with van der Waals surface area (Å²) in [5.74, 6) is -0.132. The van der Waals surface area contributed by atoms with E-state index in [1.165, 1.54) is 0 Å². The van der Waals surface area contributed by atoms with Gasteiger partial charge in [0.05, 0.1) is 0 Å². The van der Waals surface area contributed by atoms with E-state index in [9.17, 15) is 4.39 Å². The Balaban J connectivity index is 2.27. The molecule has 102 valence electrons. The largest absolute Gasteiger partial charge is 0.381 e. The zero-order chi connectivity index (χ0) is 13.4. The first-order valence-corrected chi connectivity index (χ1v) is 6.72. The van der Waals surface area contributed by atoms with Gasteiger partial charge in [0.1, 0.15) is 5.82 Å². The second kappa shape index (κ2) is 8.22.